The van der Waals surface area contributed by atoms with E-state index in [9.17, 15) is 4.79 Å². The zero-order valence-electron chi connectivity index (χ0n) is 16.5. The zero-order valence-corrected chi connectivity index (χ0v) is 17.3. The summed E-state index contributed by atoms with van der Waals surface area (Å²) in [5.41, 5.74) is 9.21. The molecule has 6 nitrogen and oxygen atoms in total. The molecule has 2 heterocycles. The maximum absolute atomic E-state index is 12.0. The van der Waals surface area contributed by atoms with Crippen LogP contribution < -0.4 is 11.3 Å². The van der Waals surface area contributed by atoms with E-state index in [0.717, 1.165) is 22.2 Å². The number of hydrogen-bond donors (Lipinski definition) is 2. The highest BCUT2D eigenvalue weighted by atomic mass is 32.2. The van der Waals surface area contributed by atoms with Gasteiger partial charge in [-0.3, -0.25) is 4.79 Å². The Hall–Kier alpha value is -3.16. The van der Waals surface area contributed by atoms with Gasteiger partial charge in [0.25, 0.3) is 5.56 Å². The zero-order chi connectivity index (χ0) is 20.7. The van der Waals surface area contributed by atoms with Crippen molar-refractivity contribution in [1.82, 2.24) is 19.3 Å². The van der Waals surface area contributed by atoms with Gasteiger partial charge in [0.05, 0.1) is 11.9 Å². The molecule has 1 saturated carbocycles. The molecule has 1 fully saturated rings. The molecule has 0 saturated heterocycles. The van der Waals surface area contributed by atoms with E-state index in [0.29, 0.717) is 22.9 Å². The number of aromatic nitrogens is 3. The van der Waals surface area contributed by atoms with Gasteiger partial charge < -0.3 is 10.7 Å². The van der Waals surface area contributed by atoms with Crippen molar-refractivity contribution in [3.05, 3.63) is 71.3 Å². The van der Waals surface area contributed by atoms with Crippen LogP contribution in [0.4, 0.5) is 5.82 Å². The van der Waals surface area contributed by atoms with Crippen molar-refractivity contribution in [2.75, 3.05) is 12.8 Å². The van der Waals surface area contributed by atoms with Crippen molar-refractivity contribution >= 4 is 28.5 Å². The molecule has 150 valence electrons. The third-order valence-corrected chi connectivity index (χ3v) is 6.38. The molecule has 0 amide bonds. The molecule has 0 unspecified atom stereocenters. The lowest BCUT2D eigenvalue weighted by Crippen LogP contribution is -2.10. The van der Waals surface area contributed by atoms with Crippen molar-refractivity contribution < 1.29 is 0 Å². The van der Waals surface area contributed by atoms with Gasteiger partial charge in [-0.15, -0.1) is 0 Å². The molecule has 2 aromatic heterocycles. The molecule has 30 heavy (non-hydrogen) atoms. The lowest BCUT2D eigenvalue weighted by atomic mass is 10.1. The first kappa shape index (κ1) is 18.8. The molecule has 0 spiro atoms. The maximum atomic E-state index is 12.0. The smallest absolute Gasteiger partial charge is 0.255 e. The molecule has 4 aromatic rings. The summed E-state index contributed by atoms with van der Waals surface area (Å²) < 4.78 is 2.32. The number of anilines is 1. The van der Waals surface area contributed by atoms with E-state index in [-0.39, 0.29) is 5.56 Å². The first-order valence-electron chi connectivity index (χ1n) is 9.84. The average molecular weight is 416 g/mol. The predicted octanol–water partition coefficient (Wildman–Crippen LogP) is 4.34. The minimum absolute atomic E-state index is 0.114. The molecular formula is C23H21N5OS. The van der Waals surface area contributed by atoms with Gasteiger partial charge in [0.15, 0.2) is 0 Å². The Morgan fingerprint density at radius 2 is 1.87 bits per heavy atom. The van der Waals surface area contributed by atoms with Crippen LogP contribution in [0.1, 0.15) is 12.8 Å². The normalized spacial score (nSPS) is 13.8. The van der Waals surface area contributed by atoms with E-state index in [1.165, 1.54) is 17.7 Å². The molecule has 2 aromatic carbocycles. The number of aromatic amines is 1. The first-order valence-corrected chi connectivity index (χ1v) is 10.6. The summed E-state index contributed by atoms with van der Waals surface area (Å²) in [6, 6.07) is 16.5. The standard InChI is InChI=1S/C23H21N5OS/c1-28(17-5-6-17)30-18-7-2-14(3-8-18)20-13-26-22(24)21(27-20)16-4-9-19-15(12-16)10-11-25-23(19)29/h2-4,7-13,17H,5-6H2,1H3,(H2,24,26)(H,25,29). The second-order valence-corrected chi connectivity index (χ2v) is 8.72. The van der Waals surface area contributed by atoms with Crippen LogP contribution >= 0.6 is 11.9 Å². The van der Waals surface area contributed by atoms with E-state index < -0.39 is 0 Å². The minimum atomic E-state index is -0.114. The van der Waals surface area contributed by atoms with Crippen molar-refractivity contribution in [1.29, 1.82) is 0 Å². The van der Waals surface area contributed by atoms with Gasteiger partial charge in [-0.1, -0.05) is 18.2 Å². The summed E-state index contributed by atoms with van der Waals surface area (Å²) in [4.78, 5) is 25.0. The largest absolute Gasteiger partial charge is 0.382 e. The summed E-state index contributed by atoms with van der Waals surface area (Å²) in [6.07, 6.45) is 5.91. The number of nitrogens with two attached hydrogens (primary N) is 1. The van der Waals surface area contributed by atoms with Crippen LogP contribution in [0.2, 0.25) is 0 Å². The summed E-state index contributed by atoms with van der Waals surface area (Å²) in [6.45, 7) is 0. The Balaban J connectivity index is 1.47. The van der Waals surface area contributed by atoms with Gasteiger partial charge in [-0.2, -0.15) is 0 Å². The molecular weight excluding hydrogens is 394 g/mol. The van der Waals surface area contributed by atoms with Crippen molar-refractivity contribution in [3.8, 4) is 22.5 Å². The Labute approximate surface area is 178 Å². The molecule has 3 N–H and O–H groups in total. The van der Waals surface area contributed by atoms with Crippen LogP contribution in [-0.4, -0.2) is 32.3 Å². The molecule has 0 aliphatic heterocycles. The topological polar surface area (TPSA) is 87.9 Å². The fourth-order valence-electron chi connectivity index (χ4n) is 3.46. The molecule has 1 aliphatic carbocycles. The number of fused-ring (bicyclic) bond motifs is 1. The maximum Gasteiger partial charge on any atom is 0.255 e. The summed E-state index contributed by atoms with van der Waals surface area (Å²) in [7, 11) is 2.14. The fourth-order valence-corrected chi connectivity index (χ4v) is 4.41. The van der Waals surface area contributed by atoms with E-state index in [2.05, 4.69) is 45.6 Å². The molecule has 0 atom stereocenters. The van der Waals surface area contributed by atoms with E-state index >= 15 is 0 Å². The van der Waals surface area contributed by atoms with Gasteiger partial charge in [0.2, 0.25) is 0 Å². The van der Waals surface area contributed by atoms with Crippen molar-refractivity contribution in [3.63, 3.8) is 0 Å². The van der Waals surface area contributed by atoms with Crippen LogP contribution in [0.15, 0.2) is 70.6 Å². The highest BCUT2D eigenvalue weighted by Gasteiger charge is 2.26. The van der Waals surface area contributed by atoms with Gasteiger partial charge in [-0.25, -0.2) is 14.3 Å². The quantitative estimate of drug-likeness (QED) is 0.472. The Kier molecular flexibility index (Phi) is 4.77. The third kappa shape index (κ3) is 3.69. The summed E-state index contributed by atoms with van der Waals surface area (Å²) >= 11 is 1.77. The fraction of sp³-hybridized carbons (Fsp3) is 0.174. The molecule has 7 heteroatoms. The Bertz CT molecular complexity index is 1280. The number of nitrogens with one attached hydrogen (secondary N) is 1. The number of H-pyrrole nitrogens is 1. The van der Waals surface area contributed by atoms with Crippen LogP contribution in [-0.2, 0) is 0 Å². The third-order valence-electron chi connectivity index (χ3n) is 5.31. The van der Waals surface area contributed by atoms with E-state index in [4.69, 9.17) is 10.7 Å². The van der Waals surface area contributed by atoms with Crippen LogP contribution in [0.3, 0.4) is 0 Å². The van der Waals surface area contributed by atoms with Crippen molar-refractivity contribution in [2.24, 2.45) is 0 Å². The number of rotatable bonds is 5. The predicted molar refractivity (Wildman–Crippen MR) is 122 cm³/mol. The number of pyridine rings is 1. The van der Waals surface area contributed by atoms with Crippen LogP contribution in [0.25, 0.3) is 33.3 Å². The Morgan fingerprint density at radius 1 is 1.10 bits per heavy atom. The minimum Gasteiger partial charge on any atom is -0.382 e. The number of hydrogen-bond acceptors (Lipinski definition) is 6. The van der Waals surface area contributed by atoms with E-state index in [1.54, 1.807) is 30.4 Å². The number of benzene rings is 2. The SMILES string of the molecule is CN(Sc1ccc(-c2cnc(N)c(-c3ccc4c(=O)[nH]ccc4c3)n2)cc1)C1CC1. The second kappa shape index (κ2) is 7.59. The molecule has 0 radical (unpaired) electrons. The highest BCUT2D eigenvalue weighted by Crippen LogP contribution is 2.35. The van der Waals surface area contributed by atoms with Crippen LogP contribution in [0, 0.1) is 0 Å². The van der Waals surface area contributed by atoms with E-state index in [1.807, 2.05) is 18.2 Å². The summed E-state index contributed by atoms with van der Waals surface area (Å²) in [5.74, 6) is 0.362. The average Bonchev–Trinajstić information content (AvgIpc) is 3.60. The summed E-state index contributed by atoms with van der Waals surface area (Å²) in [5, 5.41) is 1.47. The first-order chi connectivity index (χ1) is 14.6. The molecule has 1 aliphatic rings. The number of nitrogen functional groups attached to an aromatic ring is 1. The van der Waals surface area contributed by atoms with Crippen molar-refractivity contribution in [2.45, 2.75) is 23.8 Å². The van der Waals surface area contributed by atoms with Gasteiger partial charge in [0.1, 0.15) is 11.5 Å². The monoisotopic (exact) mass is 415 g/mol. The van der Waals surface area contributed by atoms with Crippen LogP contribution in [0.5, 0.6) is 0 Å². The van der Waals surface area contributed by atoms with Gasteiger partial charge >= 0.3 is 0 Å². The Morgan fingerprint density at radius 3 is 2.63 bits per heavy atom. The second-order valence-electron chi connectivity index (χ2n) is 7.49. The van der Waals surface area contributed by atoms with Gasteiger partial charge in [0, 0.05) is 33.6 Å². The highest BCUT2D eigenvalue weighted by molar-refractivity contribution is 7.97. The molecule has 5 rings (SSSR count). The lowest BCUT2D eigenvalue weighted by Gasteiger charge is -2.14. The lowest BCUT2D eigenvalue weighted by molar-refractivity contribution is 0.559. The number of nitrogens with zero attached hydrogens (tertiary/aromatic N) is 3. The van der Waals surface area contributed by atoms with Gasteiger partial charge in [-0.05, 0) is 67.6 Å². The molecule has 0 bridgehead atoms.